The number of allylic oxidation sites excluding steroid dienone is 10. The molecule has 0 aromatic carbocycles. The van der Waals surface area contributed by atoms with Gasteiger partial charge in [-0.25, -0.2) is 4.57 Å². The van der Waals surface area contributed by atoms with Gasteiger partial charge in [-0.05, 0) is 77.0 Å². The van der Waals surface area contributed by atoms with Crippen LogP contribution in [0.15, 0.2) is 60.8 Å². The minimum absolute atomic E-state index is 0.0940. The zero-order valence-corrected chi connectivity index (χ0v) is 37.2. The molecule has 342 valence electrons. The molecule has 13 heteroatoms. The van der Waals surface area contributed by atoms with Crippen LogP contribution >= 0.6 is 7.82 Å². The first-order valence-corrected chi connectivity index (χ1v) is 24.1. The Labute approximate surface area is 356 Å². The summed E-state index contributed by atoms with van der Waals surface area (Å²) in [6, 6.07) is 0. The fourth-order valence-corrected chi connectivity index (χ4v) is 7.49. The fraction of sp³-hybridized carbons (Fsp3) is 0.761. The average molecular weight is 857 g/mol. The lowest BCUT2D eigenvalue weighted by Gasteiger charge is -2.41. The summed E-state index contributed by atoms with van der Waals surface area (Å²) in [7, 11) is -5.03. The van der Waals surface area contributed by atoms with Crippen molar-refractivity contribution in [3.63, 3.8) is 0 Å². The van der Waals surface area contributed by atoms with Gasteiger partial charge in [0.05, 0.1) is 13.2 Å². The number of hydrogen-bond donors (Lipinski definition) is 6. The summed E-state index contributed by atoms with van der Waals surface area (Å²) in [4.78, 5) is 23.1. The van der Waals surface area contributed by atoms with E-state index in [2.05, 4.69) is 74.6 Å². The van der Waals surface area contributed by atoms with Crippen LogP contribution in [0.5, 0.6) is 0 Å². The highest BCUT2D eigenvalue weighted by Gasteiger charge is 2.51. The van der Waals surface area contributed by atoms with Gasteiger partial charge in [-0.2, -0.15) is 0 Å². The summed E-state index contributed by atoms with van der Waals surface area (Å²) in [5, 5.41) is 50.1. The van der Waals surface area contributed by atoms with Gasteiger partial charge in [-0.1, -0.05) is 139 Å². The Morgan fingerprint density at radius 1 is 0.559 bits per heavy atom. The van der Waals surface area contributed by atoms with Crippen LogP contribution in [0.4, 0.5) is 0 Å². The number of ether oxygens (including phenoxy) is 2. The summed E-state index contributed by atoms with van der Waals surface area (Å²) >= 11 is 0. The number of carbonyl (C=O) groups is 1. The van der Waals surface area contributed by atoms with Crippen LogP contribution in [0.1, 0.15) is 162 Å². The predicted molar refractivity (Wildman–Crippen MR) is 235 cm³/mol. The number of phosphoric acid groups is 1. The van der Waals surface area contributed by atoms with Crippen LogP contribution in [-0.2, 0) is 27.9 Å². The Morgan fingerprint density at radius 2 is 1.00 bits per heavy atom. The van der Waals surface area contributed by atoms with Crippen LogP contribution in [0.3, 0.4) is 0 Å². The Balaban J connectivity index is 2.43. The Kier molecular flexibility index (Phi) is 34.2. The number of carbonyl (C=O) groups excluding carboxylic acids is 1. The molecule has 0 aromatic heterocycles. The quantitative estimate of drug-likeness (QED) is 0.0151. The van der Waals surface area contributed by atoms with Gasteiger partial charge in [0.2, 0.25) is 0 Å². The van der Waals surface area contributed by atoms with Gasteiger partial charge >= 0.3 is 13.8 Å². The lowest BCUT2D eigenvalue weighted by atomic mass is 9.85. The summed E-state index contributed by atoms with van der Waals surface area (Å²) in [5.74, 6) is -0.498. The summed E-state index contributed by atoms with van der Waals surface area (Å²) in [6.45, 7) is 4.07. The molecule has 0 heterocycles. The third kappa shape index (κ3) is 29.1. The largest absolute Gasteiger partial charge is 0.472 e. The molecular formula is C46H81O12P. The lowest BCUT2D eigenvalue weighted by molar-refractivity contribution is -0.220. The zero-order valence-electron chi connectivity index (χ0n) is 36.3. The molecule has 6 unspecified atom stereocenters. The van der Waals surface area contributed by atoms with E-state index in [0.29, 0.717) is 13.0 Å². The lowest BCUT2D eigenvalue weighted by Crippen LogP contribution is -2.64. The maximum atomic E-state index is 12.8. The average Bonchev–Trinajstić information content (AvgIpc) is 3.22. The Bertz CT molecular complexity index is 1200. The molecule has 1 fully saturated rings. The maximum absolute atomic E-state index is 12.8. The normalized spacial score (nSPS) is 23.1. The molecule has 59 heavy (non-hydrogen) atoms. The van der Waals surface area contributed by atoms with Crippen molar-refractivity contribution in [2.24, 2.45) is 0 Å². The first kappa shape index (κ1) is 55.1. The van der Waals surface area contributed by atoms with Gasteiger partial charge in [-0.15, -0.1) is 0 Å². The number of phosphoric ester groups is 1. The fourth-order valence-electron chi connectivity index (χ4n) is 6.52. The van der Waals surface area contributed by atoms with Crippen molar-refractivity contribution >= 4 is 13.8 Å². The smallest absolute Gasteiger partial charge is 0.457 e. The van der Waals surface area contributed by atoms with E-state index < -0.39 is 63.1 Å². The van der Waals surface area contributed by atoms with Crippen LogP contribution in [0, 0.1) is 0 Å². The summed E-state index contributed by atoms with van der Waals surface area (Å²) in [6.07, 6.45) is 32.8. The molecule has 0 bridgehead atoms. The molecular weight excluding hydrogens is 775 g/mol. The molecule has 1 saturated carbocycles. The second-order valence-corrected chi connectivity index (χ2v) is 16.9. The molecule has 1 rings (SSSR count). The molecule has 6 N–H and O–H groups in total. The number of hydrogen-bond acceptors (Lipinski definition) is 11. The summed E-state index contributed by atoms with van der Waals surface area (Å²) in [5.41, 5.74) is 0. The van der Waals surface area contributed by atoms with Crippen LogP contribution < -0.4 is 0 Å². The molecule has 1 aliphatic rings. The topological polar surface area (TPSA) is 192 Å². The molecule has 0 spiro atoms. The minimum atomic E-state index is -5.03. The first-order valence-electron chi connectivity index (χ1n) is 22.6. The number of rotatable bonds is 37. The summed E-state index contributed by atoms with van der Waals surface area (Å²) < 4.78 is 34.1. The van der Waals surface area contributed by atoms with Crippen molar-refractivity contribution < 1.29 is 58.3 Å². The molecule has 0 saturated heterocycles. The van der Waals surface area contributed by atoms with Crippen molar-refractivity contribution in [2.45, 2.75) is 204 Å². The first-order chi connectivity index (χ1) is 28.5. The second-order valence-electron chi connectivity index (χ2n) is 15.5. The number of unbranched alkanes of at least 4 members (excludes halogenated alkanes) is 15. The van der Waals surface area contributed by atoms with Gasteiger partial charge in [0.25, 0.3) is 0 Å². The minimum Gasteiger partial charge on any atom is -0.457 e. The van der Waals surface area contributed by atoms with Crippen LogP contribution in [0.2, 0.25) is 0 Å². The molecule has 0 radical (unpaired) electrons. The van der Waals surface area contributed by atoms with Crippen LogP contribution in [-0.4, -0.2) is 98.9 Å². The SMILES string of the molecule is CC/C=C\C/C=C\C/C=C\CCCCCCCCOCC(COP(=O)(O)OC1C(O)C(O)C(O)C(O)C1O)OC(=O)CCCCCCC/C=C\C/C=C\CCCCCC. The monoisotopic (exact) mass is 857 g/mol. The van der Waals surface area contributed by atoms with Gasteiger partial charge in [0.1, 0.15) is 42.7 Å². The second kappa shape index (κ2) is 36.7. The van der Waals surface area contributed by atoms with E-state index in [1.165, 1.54) is 25.7 Å². The van der Waals surface area contributed by atoms with E-state index in [1.807, 2.05) is 0 Å². The van der Waals surface area contributed by atoms with E-state index >= 15 is 0 Å². The number of esters is 1. The standard InChI is InChI=1S/C46H81O12P/c1-3-5-7-9-11-13-15-17-19-21-23-25-27-29-31-33-35-40(47)57-39(38-56-59(53,54)58-46-44(51)42(49)41(48)43(50)45(46)52)37-55-36-34-32-30-28-26-24-22-20-18-16-14-12-10-8-6-4-2/h6,8,12-15,18-21,39,41-46,48-52H,3-5,7,9-11,16-17,22-38H2,1-2H3,(H,53,54)/b8-6-,14-12-,15-13-,20-18-,21-19-. The van der Waals surface area contributed by atoms with E-state index in [0.717, 1.165) is 109 Å². The molecule has 12 nitrogen and oxygen atoms in total. The van der Waals surface area contributed by atoms with Gasteiger partial charge in [-0.3, -0.25) is 13.8 Å². The molecule has 1 aliphatic carbocycles. The van der Waals surface area contributed by atoms with Gasteiger partial charge in [0.15, 0.2) is 0 Å². The third-order valence-electron chi connectivity index (χ3n) is 10.1. The van der Waals surface area contributed by atoms with E-state index in [-0.39, 0.29) is 13.0 Å². The van der Waals surface area contributed by atoms with Crippen molar-refractivity contribution in [1.29, 1.82) is 0 Å². The third-order valence-corrected chi connectivity index (χ3v) is 11.1. The Hall–Kier alpha value is -1.96. The van der Waals surface area contributed by atoms with Crippen molar-refractivity contribution in [2.75, 3.05) is 19.8 Å². The van der Waals surface area contributed by atoms with Crippen molar-refractivity contribution in [1.82, 2.24) is 0 Å². The molecule has 0 aromatic rings. The number of aliphatic hydroxyl groups excluding tert-OH is 5. The highest BCUT2D eigenvalue weighted by molar-refractivity contribution is 7.47. The molecule has 0 aliphatic heterocycles. The number of aliphatic hydroxyl groups is 5. The predicted octanol–water partition coefficient (Wildman–Crippen LogP) is 9.03. The van der Waals surface area contributed by atoms with E-state index in [1.54, 1.807) is 0 Å². The van der Waals surface area contributed by atoms with Gasteiger partial charge < -0.3 is 39.9 Å². The van der Waals surface area contributed by atoms with E-state index in [4.69, 9.17) is 18.5 Å². The van der Waals surface area contributed by atoms with Crippen molar-refractivity contribution in [3.8, 4) is 0 Å². The Morgan fingerprint density at radius 3 is 1.53 bits per heavy atom. The maximum Gasteiger partial charge on any atom is 0.472 e. The molecule has 0 amide bonds. The van der Waals surface area contributed by atoms with Crippen LogP contribution in [0.25, 0.3) is 0 Å². The van der Waals surface area contributed by atoms with E-state index in [9.17, 15) is 39.8 Å². The zero-order chi connectivity index (χ0) is 43.4. The van der Waals surface area contributed by atoms with Crippen molar-refractivity contribution in [3.05, 3.63) is 60.8 Å². The highest BCUT2D eigenvalue weighted by Crippen LogP contribution is 2.47. The molecule has 6 atom stereocenters. The van der Waals surface area contributed by atoms with Gasteiger partial charge in [0, 0.05) is 13.0 Å². The highest BCUT2D eigenvalue weighted by atomic mass is 31.2.